The summed E-state index contributed by atoms with van der Waals surface area (Å²) < 4.78 is 22.5. The zero-order chi connectivity index (χ0) is 30.3. The van der Waals surface area contributed by atoms with Crippen LogP contribution in [0.4, 0.5) is 0 Å². The average molecular weight is 578 g/mol. The van der Waals surface area contributed by atoms with E-state index in [1.165, 1.54) is 56.0 Å². The summed E-state index contributed by atoms with van der Waals surface area (Å²) >= 11 is 0. The molecule has 220 valence electrons. The van der Waals surface area contributed by atoms with Crippen LogP contribution >= 0.6 is 0 Å². The van der Waals surface area contributed by atoms with Gasteiger partial charge in [-0.25, -0.2) is 9.59 Å². The van der Waals surface area contributed by atoms with Crippen LogP contribution in [0, 0.1) is 11.3 Å². The second-order valence-corrected chi connectivity index (χ2v) is 9.99. The van der Waals surface area contributed by atoms with Gasteiger partial charge in [-0.1, -0.05) is 69.4 Å². The number of unbranched alkanes of at least 4 members (excludes halogenated alkanes) is 5. The van der Waals surface area contributed by atoms with Gasteiger partial charge < -0.3 is 18.9 Å². The minimum atomic E-state index is -0.661. The molecular weight excluding hydrogens is 542 g/mol. The topological polar surface area (TPSA) is 94.8 Å². The molecule has 0 heterocycles. The van der Waals surface area contributed by atoms with Crippen LogP contribution in [-0.4, -0.2) is 18.5 Å². The number of rotatable bonds is 15. The first-order valence-electron chi connectivity index (χ1n) is 14.5. The molecule has 0 fully saturated rings. The van der Waals surface area contributed by atoms with Crippen molar-refractivity contribution in [2.24, 2.45) is 0 Å². The lowest BCUT2D eigenvalue weighted by Gasteiger charge is -2.11. The Balaban J connectivity index is 1.27. The van der Waals surface area contributed by atoms with Crippen molar-refractivity contribution in [1.29, 1.82) is 5.26 Å². The smallest absolute Gasteiger partial charge is 0.343 e. The Morgan fingerprint density at radius 2 is 1.26 bits per heavy atom. The number of hydrogen-bond donors (Lipinski definition) is 0. The molecule has 0 aromatic heterocycles. The summed E-state index contributed by atoms with van der Waals surface area (Å²) in [5.74, 6) is 0.355. The van der Waals surface area contributed by atoms with Crippen molar-refractivity contribution in [3.05, 3.63) is 119 Å². The standard InChI is InChI=1S/C36H35NO6/c1-2-3-4-5-6-10-23-40-31-18-13-28(14-19-31)35(38)42-32-20-15-29(16-21-32)36(39)43-34-24-33(22-17-30(34)25-37)41-26-27-11-8-7-9-12-27/h7-9,11-22,24H,2-6,10,23,26H2,1H3. The molecule has 0 aliphatic heterocycles. The van der Waals surface area contributed by atoms with E-state index in [1.54, 1.807) is 36.4 Å². The van der Waals surface area contributed by atoms with Crippen LogP contribution in [0.5, 0.6) is 23.0 Å². The van der Waals surface area contributed by atoms with Crippen LogP contribution in [0.1, 0.15) is 77.3 Å². The second kappa shape index (κ2) is 16.4. The van der Waals surface area contributed by atoms with Crippen molar-refractivity contribution in [3.63, 3.8) is 0 Å². The molecule has 0 unspecified atom stereocenters. The molecule has 0 radical (unpaired) electrons. The molecule has 0 amide bonds. The fraction of sp³-hybridized carbons (Fsp3) is 0.250. The van der Waals surface area contributed by atoms with Gasteiger partial charge in [0.2, 0.25) is 0 Å². The number of ether oxygens (including phenoxy) is 4. The third kappa shape index (κ3) is 9.75. The minimum Gasteiger partial charge on any atom is -0.494 e. The maximum atomic E-state index is 12.8. The lowest BCUT2D eigenvalue weighted by atomic mass is 10.1. The molecule has 4 rings (SSSR count). The molecule has 0 atom stereocenters. The molecule has 7 heteroatoms. The van der Waals surface area contributed by atoms with Crippen molar-refractivity contribution in [2.75, 3.05) is 6.61 Å². The van der Waals surface area contributed by atoms with Crippen molar-refractivity contribution in [3.8, 4) is 29.1 Å². The van der Waals surface area contributed by atoms with E-state index in [4.69, 9.17) is 18.9 Å². The Morgan fingerprint density at radius 3 is 1.93 bits per heavy atom. The summed E-state index contributed by atoms with van der Waals surface area (Å²) in [6.45, 7) is 3.18. The van der Waals surface area contributed by atoms with Crippen molar-refractivity contribution in [2.45, 2.75) is 52.1 Å². The largest absolute Gasteiger partial charge is 0.494 e. The zero-order valence-corrected chi connectivity index (χ0v) is 24.3. The van der Waals surface area contributed by atoms with E-state index >= 15 is 0 Å². The lowest BCUT2D eigenvalue weighted by molar-refractivity contribution is 0.0729. The third-order valence-electron chi connectivity index (χ3n) is 6.68. The normalized spacial score (nSPS) is 10.4. The molecule has 0 N–H and O–H groups in total. The first-order valence-corrected chi connectivity index (χ1v) is 14.5. The molecule has 0 saturated carbocycles. The fourth-order valence-corrected chi connectivity index (χ4v) is 4.25. The molecule has 7 nitrogen and oxygen atoms in total. The molecule has 0 bridgehead atoms. The molecule has 0 saturated heterocycles. The van der Waals surface area contributed by atoms with E-state index in [0.29, 0.717) is 30.3 Å². The summed E-state index contributed by atoms with van der Waals surface area (Å²) in [6, 6.07) is 29.2. The zero-order valence-electron chi connectivity index (χ0n) is 24.3. The highest BCUT2D eigenvalue weighted by Crippen LogP contribution is 2.26. The van der Waals surface area contributed by atoms with Crippen LogP contribution in [0.2, 0.25) is 0 Å². The van der Waals surface area contributed by atoms with E-state index in [2.05, 4.69) is 6.92 Å². The number of nitrogens with zero attached hydrogens (tertiary/aromatic N) is 1. The Hall–Kier alpha value is -5.09. The predicted molar refractivity (Wildman–Crippen MR) is 164 cm³/mol. The van der Waals surface area contributed by atoms with E-state index in [9.17, 15) is 14.9 Å². The van der Waals surface area contributed by atoms with Crippen molar-refractivity contribution in [1.82, 2.24) is 0 Å². The summed E-state index contributed by atoms with van der Waals surface area (Å²) in [4.78, 5) is 25.4. The number of nitriles is 1. The molecule has 4 aromatic rings. The van der Waals surface area contributed by atoms with Crippen LogP contribution in [-0.2, 0) is 6.61 Å². The van der Waals surface area contributed by atoms with Crippen molar-refractivity contribution < 1.29 is 28.5 Å². The summed E-state index contributed by atoms with van der Waals surface area (Å²) in [5, 5.41) is 9.47. The molecule has 0 aliphatic carbocycles. The maximum absolute atomic E-state index is 12.8. The van der Waals surface area contributed by atoms with Gasteiger partial charge in [0.15, 0.2) is 5.75 Å². The maximum Gasteiger partial charge on any atom is 0.343 e. The molecule has 4 aromatic carbocycles. The summed E-state index contributed by atoms with van der Waals surface area (Å²) in [5.41, 5.74) is 1.79. The average Bonchev–Trinajstić information content (AvgIpc) is 3.04. The van der Waals surface area contributed by atoms with Crippen LogP contribution in [0.3, 0.4) is 0 Å². The van der Waals surface area contributed by atoms with Gasteiger partial charge in [-0.2, -0.15) is 5.26 Å². The Bertz CT molecular complexity index is 1510. The number of hydrogen-bond acceptors (Lipinski definition) is 7. The number of carbonyl (C=O) groups is 2. The minimum absolute atomic E-state index is 0.0907. The highest BCUT2D eigenvalue weighted by molar-refractivity contribution is 5.93. The highest BCUT2D eigenvalue weighted by atomic mass is 16.5. The Kier molecular flexibility index (Phi) is 11.8. The first-order chi connectivity index (χ1) is 21.1. The molecular formula is C36H35NO6. The van der Waals surface area contributed by atoms with E-state index in [-0.39, 0.29) is 22.6 Å². The quantitative estimate of drug-likeness (QED) is 0.0796. The number of esters is 2. The predicted octanol–water partition coefficient (Wildman–Crippen LogP) is 8.31. The van der Waals surface area contributed by atoms with Gasteiger partial charge in [-0.3, -0.25) is 0 Å². The monoisotopic (exact) mass is 577 g/mol. The van der Waals surface area contributed by atoms with Crippen LogP contribution in [0.15, 0.2) is 97.1 Å². The third-order valence-corrected chi connectivity index (χ3v) is 6.68. The second-order valence-electron chi connectivity index (χ2n) is 9.99. The van der Waals surface area contributed by atoms with Crippen molar-refractivity contribution >= 4 is 11.9 Å². The summed E-state index contributed by atoms with van der Waals surface area (Å²) in [7, 11) is 0. The lowest BCUT2D eigenvalue weighted by Crippen LogP contribution is -2.11. The van der Waals surface area contributed by atoms with Gasteiger partial charge in [0, 0.05) is 6.07 Å². The van der Waals surface area contributed by atoms with E-state index in [0.717, 1.165) is 18.4 Å². The highest BCUT2D eigenvalue weighted by Gasteiger charge is 2.15. The fourth-order valence-electron chi connectivity index (χ4n) is 4.25. The van der Waals surface area contributed by atoms with E-state index in [1.807, 2.05) is 36.4 Å². The number of carbonyl (C=O) groups excluding carboxylic acids is 2. The molecule has 43 heavy (non-hydrogen) atoms. The van der Waals surface area contributed by atoms with Gasteiger partial charge in [0.05, 0.1) is 23.3 Å². The molecule has 0 spiro atoms. The number of benzene rings is 4. The van der Waals surface area contributed by atoms with E-state index < -0.39 is 11.9 Å². The Morgan fingerprint density at radius 1 is 0.651 bits per heavy atom. The van der Waals surface area contributed by atoms with Gasteiger partial charge in [0.25, 0.3) is 0 Å². The van der Waals surface area contributed by atoms with Gasteiger partial charge in [0.1, 0.15) is 29.9 Å². The van der Waals surface area contributed by atoms with Crippen LogP contribution < -0.4 is 18.9 Å². The Labute approximate surface area is 252 Å². The first kappa shape index (κ1) is 30.9. The SMILES string of the molecule is CCCCCCCCOc1ccc(C(=O)Oc2ccc(C(=O)Oc3cc(OCc4ccccc4)ccc3C#N)cc2)cc1. The van der Waals surface area contributed by atoms with Gasteiger partial charge in [-0.05, 0) is 72.6 Å². The van der Waals surface area contributed by atoms with Crippen LogP contribution in [0.25, 0.3) is 0 Å². The van der Waals surface area contributed by atoms with Gasteiger partial charge in [-0.15, -0.1) is 0 Å². The molecule has 0 aliphatic rings. The summed E-state index contributed by atoms with van der Waals surface area (Å²) in [6.07, 6.45) is 7.17. The van der Waals surface area contributed by atoms with Gasteiger partial charge >= 0.3 is 11.9 Å².